The van der Waals surface area contributed by atoms with Gasteiger partial charge in [-0.3, -0.25) is 28.8 Å². The number of carboxylic acids is 3. The smallest absolute Gasteiger partial charge is 0.318 e. The maximum Gasteiger partial charge on any atom is 0.318 e. The van der Waals surface area contributed by atoms with Crippen molar-refractivity contribution in [3.8, 4) is 0 Å². The van der Waals surface area contributed by atoms with Gasteiger partial charge in [-0.2, -0.15) is 0 Å². The molecule has 0 fully saturated rings. The zero-order valence-electron chi connectivity index (χ0n) is 15.9. The van der Waals surface area contributed by atoms with Crippen molar-refractivity contribution in [3.63, 3.8) is 0 Å². The molecule has 3 N–H and O–H groups in total. The van der Waals surface area contributed by atoms with Crippen LogP contribution in [0, 0.1) is 17.8 Å². The second-order valence-electron chi connectivity index (χ2n) is 5.89. The molecule has 0 bridgehead atoms. The average molecular weight is 466 g/mol. The number of hydrogen-bond donors (Lipinski definition) is 3. The van der Waals surface area contributed by atoms with E-state index in [1.165, 1.54) is 54.7 Å². The fourth-order valence-electron chi connectivity index (χ4n) is 2.18. The van der Waals surface area contributed by atoms with Crippen LogP contribution < -0.4 is 0 Å². The quantitative estimate of drug-likeness (QED) is 0.518. The molecule has 0 saturated carbocycles. The minimum atomic E-state index is -1.09. The van der Waals surface area contributed by atoms with Gasteiger partial charge in [0.1, 0.15) is 17.8 Å². The van der Waals surface area contributed by atoms with Gasteiger partial charge in [-0.25, -0.2) is 0 Å². The third kappa shape index (κ3) is 9.17. The minimum absolute atomic E-state index is 0. The molecule has 9 nitrogen and oxygen atoms in total. The number of rotatable bonds is 3. The Balaban J connectivity index is 0.000000429. The van der Waals surface area contributed by atoms with Crippen LogP contribution in [-0.2, 0) is 46.1 Å². The van der Waals surface area contributed by atoms with Crippen molar-refractivity contribution in [2.45, 2.75) is 0 Å². The fourth-order valence-corrected chi connectivity index (χ4v) is 2.18. The van der Waals surface area contributed by atoms with Crippen molar-refractivity contribution in [2.24, 2.45) is 17.8 Å². The molecule has 10 heteroatoms. The summed E-state index contributed by atoms with van der Waals surface area (Å²) in [5.74, 6) is -7.28. The Morgan fingerprint density at radius 3 is 0.871 bits per heavy atom. The maximum absolute atomic E-state index is 10.7. The predicted molar refractivity (Wildman–Crippen MR) is 103 cm³/mol. The summed E-state index contributed by atoms with van der Waals surface area (Å²) in [6.45, 7) is 0. The van der Waals surface area contributed by atoms with Crippen LogP contribution in [0.2, 0.25) is 0 Å². The molecule has 0 radical (unpaired) electrons. The first-order chi connectivity index (χ1) is 14.1. The number of carboxylic acid groups (broad SMARTS) is 3. The van der Waals surface area contributed by atoms with E-state index in [0.29, 0.717) is 0 Å². The van der Waals surface area contributed by atoms with E-state index in [-0.39, 0.29) is 34.7 Å². The molecule has 3 rings (SSSR count). The molecule has 0 aromatic heterocycles. The van der Waals surface area contributed by atoms with Crippen molar-refractivity contribution < 1.29 is 61.4 Å². The Hall–Kier alpha value is -3.61. The van der Waals surface area contributed by atoms with E-state index in [1.807, 2.05) is 0 Å². The van der Waals surface area contributed by atoms with Crippen LogP contribution in [0.25, 0.3) is 0 Å². The van der Waals surface area contributed by atoms with E-state index < -0.39 is 35.7 Å². The summed E-state index contributed by atoms with van der Waals surface area (Å²) in [6.07, 6.45) is 17.1. The Morgan fingerprint density at radius 2 is 0.742 bits per heavy atom. The summed E-state index contributed by atoms with van der Waals surface area (Å²) in [4.78, 5) is 62.9. The van der Waals surface area contributed by atoms with E-state index >= 15 is 0 Å². The molecular formula is C21H18CrO9. The zero-order chi connectivity index (χ0) is 22.7. The van der Waals surface area contributed by atoms with E-state index in [4.69, 9.17) is 15.3 Å². The molecule has 0 aromatic carbocycles. The standard InChI is InChI=1S/3C7H6O3.Cr/c3*8-6-4-2-1-3-5(6)7(9)10;/h3*1-5H,(H,9,10);. The first-order valence-electron chi connectivity index (χ1n) is 8.49. The second-order valence-corrected chi connectivity index (χ2v) is 5.89. The number of ketones is 3. The summed E-state index contributed by atoms with van der Waals surface area (Å²) in [7, 11) is 0. The molecular weight excluding hydrogens is 448 g/mol. The Labute approximate surface area is 187 Å². The molecule has 0 spiro atoms. The zero-order valence-corrected chi connectivity index (χ0v) is 17.1. The van der Waals surface area contributed by atoms with E-state index in [0.717, 1.165) is 0 Å². The summed E-state index contributed by atoms with van der Waals surface area (Å²) in [5, 5.41) is 25.2. The molecule has 0 aromatic rings. The third-order valence-corrected chi connectivity index (χ3v) is 3.74. The van der Waals surface area contributed by atoms with Gasteiger partial charge >= 0.3 is 17.9 Å². The van der Waals surface area contributed by atoms with Crippen LogP contribution in [0.5, 0.6) is 0 Å². The molecule has 3 atom stereocenters. The Bertz CT molecular complexity index is 800. The van der Waals surface area contributed by atoms with Crippen LogP contribution >= 0.6 is 0 Å². The second kappa shape index (κ2) is 13.6. The first kappa shape index (κ1) is 27.4. The van der Waals surface area contributed by atoms with Gasteiger partial charge < -0.3 is 15.3 Å². The SMILES string of the molecule is O=C(O)C1C=CC=CC1=O.O=C(O)C1C=CC=CC1=O.O=C(O)C1C=CC=CC1=O.[Cr]. The van der Waals surface area contributed by atoms with Crippen molar-refractivity contribution >= 4 is 35.3 Å². The van der Waals surface area contributed by atoms with Crippen LogP contribution in [0.15, 0.2) is 72.9 Å². The molecule has 0 aliphatic heterocycles. The van der Waals surface area contributed by atoms with E-state index in [1.54, 1.807) is 18.2 Å². The van der Waals surface area contributed by atoms with Crippen LogP contribution in [0.1, 0.15) is 0 Å². The summed E-state index contributed by atoms with van der Waals surface area (Å²) in [5.41, 5.74) is 0. The van der Waals surface area contributed by atoms with Gasteiger partial charge in [0, 0.05) is 17.4 Å². The molecule has 0 amide bonds. The number of aliphatic carboxylic acids is 3. The van der Waals surface area contributed by atoms with Gasteiger partial charge in [0.05, 0.1) is 0 Å². The van der Waals surface area contributed by atoms with Gasteiger partial charge in [0.15, 0.2) is 17.3 Å². The normalized spacial score (nSPS) is 22.5. The number of carbonyl (C=O) groups excluding carboxylic acids is 3. The Morgan fingerprint density at radius 1 is 0.516 bits per heavy atom. The van der Waals surface area contributed by atoms with Crippen LogP contribution in [0.4, 0.5) is 0 Å². The molecule has 0 heterocycles. The van der Waals surface area contributed by atoms with Crippen LogP contribution in [0.3, 0.4) is 0 Å². The number of hydrogen-bond acceptors (Lipinski definition) is 6. The molecule has 3 aliphatic rings. The molecule has 162 valence electrons. The third-order valence-electron chi connectivity index (χ3n) is 3.74. The van der Waals surface area contributed by atoms with Gasteiger partial charge in [-0.1, -0.05) is 54.7 Å². The first-order valence-corrected chi connectivity index (χ1v) is 8.49. The molecule has 0 saturated heterocycles. The van der Waals surface area contributed by atoms with Gasteiger partial charge in [0.2, 0.25) is 0 Å². The monoisotopic (exact) mass is 466 g/mol. The van der Waals surface area contributed by atoms with E-state index in [2.05, 4.69) is 0 Å². The van der Waals surface area contributed by atoms with Crippen molar-refractivity contribution in [3.05, 3.63) is 72.9 Å². The van der Waals surface area contributed by atoms with E-state index in [9.17, 15) is 28.8 Å². The average Bonchev–Trinajstić information content (AvgIpc) is 2.69. The topological polar surface area (TPSA) is 163 Å². The Kier molecular flexibility index (Phi) is 12.0. The fraction of sp³-hybridized carbons (Fsp3) is 0.143. The van der Waals surface area contributed by atoms with Crippen molar-refractivity contribution in [1.82, 2.24) is 0 Å². The summed E-state index contributed by atoms with van der Waals surface area (Å²) < 4.78 is 0. The maximum atomic E-state index is 10.7. The molecule has 31 heavy (non-hydrogen) atoms. The van der Waals surface area contributed by atoms with Crippen molar-refractivity contribution in [2.75, 3.05) is 0 Å². The summed E-state index contributed by atoms with van der Waals surface area (Å²) >= 11 is 0. The van der Waals surface area contributed by atoms with Crippen LogP contribution in [-0.4, -0.2) is 50.6 Å². The van der Waals surface area contributed by atoms with Gasteiger partial charge in [-0.15, -0.1) is 0 Å². The largest absolute Gasteiger partial charge is 0.480 e. The van der Waals surface area contributed by atoms with Gasteiger partial charge in [0.25, 0.3) is 0 Å². The predicted octanol–water partition coefficient (Wildman–Crippen LogP) is 1.14. The number of allylic oxidation sites excluding steroid dienone is 9. The number of carbonyl (C=O) groups is 6. The summed E-state index contributed by atoms with van der Waals surface area (Å²) in [6, 6.07) is 0. The van der Waals surface area contributed by atoms with Crippen molar-refractivity contribution in [1.29, 1.82) is 0 Å². The minimum Gasteiger partial charge on any atom is -0.480 e. The molecule has 3 aliphatic carbocycles. The molecule has 3 unspecified atom stereocenters. The van der Waals surface area contributed by atoms with Gasteiger partial charge in [-0.05, 0) is 18.2 Å².